The normalized spacial score (nSPS) is 9.73. The maximum Gasteiger partial charge on any atom is 0.164 e. The molecule has 0 atom stereocenters. The molecule has 1 rings (SSSR count). The molecule has 1 radical (unpaired) electrons. The molecule has 3 heteroatoms. The van der Waals surface area contributed by atoms with E-state index in [1.165, 1.54) is 7.11 Å². The van der Waals surface area contributed by atoms with E-state index in [9.17, 15) is 4.39 Å². The summed E-state index contributed by atoms with van der Waals surface area (Å²) in [5, 5.41) is 0. The van der Waals surface area contributed by atoms with Gasteiger partial charge in [-0.15, -0.1) is 0 Å². The quantitative estimate of drug-likeness (QED) is 0.741. The largest absolute Gasteiger partial charge is 0.496 e. The van der Waals surface area contributed by atoms with Crippen LogP contribution in [0.4, 0.5) is 4.39 Å². The van der Waals surface area contributed by atoms with Crippen LogP contribution < -0.4 is 4.74 Å². The van der Waals surface area contributed by atoms with Gasteiger partial charge in [-0.3, -0.25) is 0 Å². The second-order valence-corrected chi connectivity index (χ2v) is 2.91. The zero-order valence-corrected chi connectivity index (χ0v) is 7.56. The maximum absolute atomic E-state index is 12.1. The Bertz CT molecular complexity index is 250. The monoisotopic (exact) mass is 217 g/mol. The summed E-state index contributed by atoms with van der Waals surface area (Å²) in [4.78, 5) is 0. The summed E-state index contributed by atoms with van der Waals surface area (Å²) in [5.74, 6) is 0.530. The van der Waals surface area contributed by atoms with Crippen LogP contribution in [0.1, 0.15) is 5.56 Å². The SMILES string of the molecule is COc1cc(Br)ccc1[CH]F. The molecular formula is C8H7BrFO. The van der Waals surface area contributed by atoms with Gasteiger partial charge >= 0.3 is 0 Å². The zero-order chi connectivity index (χ0) is 8.27. The first-order chi connectivity index (χ1) is 5.27. The van der Waals surface area contributed by atoms with Crippen molar-refractivity contribution in [2.24, 2.45) is 0 Å². The number of halogens is 2. The fraction of sp³-hybridized carbons (Fsp3) is 0.125. The lowest BCUT2D eigenvalue weighted by molar-refractivity contribution is 0.409. The molecule has 0 N–H and O–H groups in total. The van der Waals surface area contributed by atoms with Crippen molar-refractivity contribution >= 4 is 15.9 Å². The summed E-state index contributed by atoms with van der Waals surface area (Å²) in [6, 6.07) is 5.11. The average Bonchev–Trinajstić information content (AvgIpc) is 2.04. The van der Waals surface area contributed by atoms with Gasteiger partial charge in [0.15, 0.2) is 6.67 Å². The van der Waals surface area contributed by atoms with E-state index < -0.39 is 0 Å². The van der Waals surface area contributed by atoms with Crippen LogP contribution in [0.2, 0.25) is 0 Å². The van der Waals surface area contributed by atoms with Crippen molar-refractivity contribution in [3.63, 3.8) is 0 Å². The highest BCUT2D eigenvalue weighted by molar-refractivity contribution is 9.10. The van der Waals surface area contributed by atoms with Crippen LogP contribution in [0.15, 0.2) is 22.7 Å². The summed E-state index contributed by atoms with van der Waals surface area (Å²) in [6.45, 7) is 0.519. The maximum atomic E-state index is 12.1. The second kappa shape index (κ2) is 3.72. The van der Waals surface area contributed by atoms with E-state index in [2.05, 4.69) is 15.9 Å². The highest BCUT2D eigenvalue weighted by Crippen LogP contribution is 2.24. The van der Waals surface area contributed by atoms with Crippen molar-refractivity contribution in [3.05, 3.63) is 34.9 Å². The second-order valence-electron chi connectivity index (χ2n) is 2.00. The molecule has 0 aliphatic carbocycles. The fourth-order valence-electron chi connectivity index (χ4n) is 0.775. The highest BCUT2D eigenvalue weighted by atomic mass is 79.9. The summed E-state index contributed by atoms with van der Waals surface area (Å²) in [5.41, 5.74) is 0.454. The minimum absolute atomic E-state index is 0.454. The molecule has 0 saturated heterocycles. The first-order valence-electron chi connectivity index (χ1n) is 3.05. The number of rotatable bonds is 2. The van der Waals surface area contributed by atoms with Gasteiger partial charge in [0, 0.05) is 10.0 Å². The molecule has 0 saturated carbocycles. The summed E-state index contributed by atoms with van der Waals surface area (Å²) in [7, 11) is 1.51. The molecule has 1 aromatic rings. The Morgan fingerprint density at radius 1 is 1.55 bits per heavy atom. The third-order valence-corrected chi connectivity index (χ3v) is 1.81. The van der Waals surface area contributed by atoms with Gasteiger partial charge in [-0.25, -0.2) is 4.39 Å². The Hall–Kier alpha value is -0.570. The zero-order valence-electron chi connectivity index (χ0n) is 5.97. The van der Waals surface area contributed by atoms with E-state index in [4.69, 9.17) is 4.74 Å². The van der Waals surface area contributed by atoms with E-state index in [-0.39, 0.29) is 0 Å². The molecule has 0 bridgehead atoms. The van der Waals surface area contributed by atoms with Crippen LogP contribution in [0.3, 0.4) is 0 Å². The van der Waals surface area contributed by atoms with Gasteiger partial charge in [-0.1, -0.05) is 22.0 Å². The standard InChI is InChI=1S/C8H7BrFO/c1-11-8-4-7(9)3-2-6(8)5-10/h2-5H,1H3. The third kappa shape index (κ3) is 1.93. The smallest absolute Gasteiger partial charge is 0.164 e. The Kier molecular flexibility index (Phi) is 2.88. The topological polar surface area (TPSA) is 9.23 Å². The first kappa shape index (κ1) is 8.53. The summed E-state index contributed by atoms with van der Waals surface area (Å²) in [6.07, 6.45) is 0. The summed E-state index contributed by atoms with van der Waals surface area (Å²) < 4.78 is 17.9. The van der Waals surface area contributed by atoms with E-state index in [1.54, 1.807) is 18.2 Å². The Balaban J connectivity index is 3.06. The molecule has 1 nitrogen and oxygen atoms in total. The Morgan fingerprint density at radius 2 is 2.27 bits per heavy atom. The van der Waals surface area contributed by atoms with Crippen LogP contribution in [-0.2, 0) is 0 Å². The predicted molar refractivity (Wildman–Crippen MR) is 45.2 cm³/mol. The molecule has 0 aromatic heterocycles. The van der Waals surface area contributed by atoms with Crippen LogP contribution in [-0.4, -0.2) is 7.11 Å². The van der Waals surface area contributed by atoms with Crippen molar-refractivity contribution < 1.29 is 9.13 Å². The number of hydrogen-bond donors (Lipinski definition) is 0. The molecule has 0 heterocycles. The van der Waals surface area contributed by atoms with Crippen molar-refractivity contribution in [3.8, 4) is 5.75 Å². The molecule has 0 fully saturated rings. The number of benzene rings is 1. The highest BCUT2D eigenvalue weighted by Gasteiger charge is 2.02. The van der Waals surface area contributed by atoms with Crippen LogP contribution in [0.5, 0.6) is 5.75 Å². The number of hydrogen-bond acceptors (Lipinski definition) is 1. The lowest BCUT2D eigenvalue weighted by Gasteiger charge is -2.03. The number of ether oxygens (including phenoxy) is 1. The molecule has 0 aliphatic rings. The van der Waals surface area contributed by atoms with Gasteiger partial charge in [0.05, 0.1) is 7.11 Å². The van der Waals surface area contributed by atoms with Crippen molar-refractivity contribution in [1.29, 1.82) is 0 Å². The molecule has 0 unspecified atom stereocenters. The predicted octanol–water partition coefficient (Wildman–Crippen LogP) is 2.94. The van der Waals surface area contributed by atoms with Crippen molar-refractivity contribution in [2.75, 3.05) is 7.11 Å². The molecule has 0 spiro atoms. The molecule has 0 amide bonds. The van der Waals surface area contributed by atoms with Gasteiger partial charge in [-0.2, -0.15) is 0 Å². The molecule has 11 heavy (non-hydrogen) atoms. The van der Waals surface area contributed by atoms with Crippen molar-refractivity contribution in [1.82, 2.24) is 0 Å². The van der Waals surface area contributed by atoms with Gasteiger partial charge in [0.2, 0.25) is 0 Å². The van der Waals surface area contributed by atoms with Gasteiger partial charge in [0.1, 0.15) is 5.75 Å². The van der Waals surface area contributed by atoms with E-state index in [0.717, 1.165) is 4.47 Å². The van der Waals surface area contributed by atoms with Gasteiger partial charge in [-0.05, 0) is 12.1 Å². The minimum atomic E-state index is 0.454. The molecule has 59 valence electrons. The van der Waals surface area contributed by atoms with E-state index in [0.29, 0.717) is 18.0 Å². The minimum Gasteiger partial charge on any atom is -0.496 e. The van der Waals surface area contributed by atoms with Crippen LogP contribution in [0.25, 0.3) is 0 Å². The van der Waals surface area contributed by atoms with E-state index in [1.807, 2.05) is 0 Å². The fourth-order valence-corrected chi connectivity index (χ4v) is 1.12. The van der Waals surface area contributed by atoms with Gasteiger partial charge in [0.25, 0.3) is 0 Å². The Labute approximate surface area is 73.3 Å². The molecule has 1 aromatic carbocycles. The Morgan fingerprint density at radius 3 is 2.82 bits per heavy atom. The van der Waals surface area contributed by atoms with Crippen LogP contribution >= 0.6 is 15.9 Å². The first-order valence-corrected chi connectivity index (χ1v) is 3.84. The number of methoxy groups -OCH3 is 1. The van der Waals surface area contributed by atoms with E-state index >= 15 is 0 Å². The summed E-state index contributed by atoms with van der Waals surface area (Å²) >= 11 is 3.25. The lowest BCUT2D eigenvalue weighted by Crippen LogP contribution is -1.87. The van der Waals surface area contributed by atoms with Crippen molar-refractivity contribution in [2.45, 2.75) is 0 Å². The lowest BCUT2D eigenvalue weighted by atomic mass is 10.2. The molecule has 0 aliphatic heterocycles. The molecular weight excluding hydrogens is 211 g/mol. The van der Waals surface area contributed by atoms with Gasteiger partial charge < -0.3 is 4.74 Å². The average molecular weight is 218 g/mol. The van der Waals surface area contributed by atoms with Crippen LogP contribution in [0, 0.1) is 6.67 Å². The third-order valence-electron chi connectivity index (χ3n) is 1.31.